The monoisotopic (exact) mass is 309 g/mol. The number of thiophene rings is 1. The Bertz CT molecular complexity index is 556. The molecule has 0 unspecified atom stereocenters. The van der Waals surface area contributed by atoms with Crippen molar-refractivity contribution in [2.45, 2.75) is 44.2 Å². The van der Waals surface area contributed by atoms with Crippen molar-refractivity contribution < 1.29 is 19.4 Å². The second-order valence-corrected chi connectivity index (χ2v) is 6.68. The predicted octanol–water partition coefficient (Wildman–Crippen LogP) is 2.61. The number of likely N-dealkylation sites (tertiary alicyclic amines) is 1. The summed E-state index contributed by atoms with van der Waals surface area (Å²) in [4.78, 5) is 26.5. The quantitative estimate of drug-likeness (QED) is 0.932. The standard InChI is InChI=1S/C15H19NO4S/c1-20-10-7-13(21-8-10)14(17)16-11-5-3-2-4-9(11)6-12(16)15(18)19/h7-9,11-12H,2-6H2,1H3,(H,18,19)/t9-,11+,12-/m0/s1. The fourth-order valence-corrected chi connectivity index (χ4v) is 4.44. The van der Waals surface area contributed by atoms with Gasteiger partial charge in [0.2, 0.25) is 0 Å². The van der Waals surface area contributed by atoms with Gasteiger partial charge in [-0.05, 0) is 25.2 Å². The Morgan fingerprint density at radius 3 is 2.81 bits per heavy atom. The number of hydrogen-bond donors (Lipinski definition) is 1. The van der Waals surface area contributed by atoms with Crippen LogP contribution in [0.15, 0.2) is 11.4 Å². The number of hydrogen-bond acceptors (Lipinski definition) is 4. The summed E-state index contributed by atoms with van der Waals surface area (Å²) in [6, 6.07) is 1.10. The Morgan fingerprint density at radius 2 is 2.14 bits per heavy atom. The summed E-state index contributed by atoms with van der Waals surface area (Å²) in [6.07, 6.45) is 4.76. The van der Waals surface area contributed by atoms with E-state index >= 15 is 0 Å². The highest BCUT2D eigenvalue weighted by molar-refractivity contribution is 7.12. The molecule has 3 rings (SSSR count). The van der Waals surface area contributed by atoms with Crippen LogP contribution < -0.4 is 4.74 Å². The number of carbonyl (C=O) groups excluding carboxylic acids is 1. The van der Waals surface area contributed by atoms with E-state index in [0.29, 0.717) is 23.0 Å². The van der Waals surface area contributed by atoms with Gasteiger partial charge in [-0.1, -0.05) is 12.8 Å². The Hall–Kier alpha value is -1.56. The zero-order chi connectivity index (χ0) is 15.0. The van der Waals surface area contributed by atoms with Crippen molar-refractivity contribution in [2.24, 2.45) is 5.92 Å². The van der Waals surface area contributed by atoms with Gasteiger partial charge in [-0.15, -0.1) is 11.3 Å². The molecule has 2 heterocycles. The molecule has 2 aliphatic rings. The molecule has 2 fully saturated rings. The average molecular weight is 309 g/mol. The lowest BCUT2D eigenvalue weighted by Crippen LogP contribution is -2.46. The highest BCUT2D eigenvalue weighted by Crippen LogP contribution is 2.41. The van der Waals surface area contributed by atoms with Crippen LogP contribution in [-0.2, 0) is 4.79 Å². The average Bonchev–Trinajstić information content (AvgIpc) is 3.11. The van der Waals surface area contributed by atoms with Crippen molar-refractivity contribution in [2.75, 3.05) is 7.11 Å². The zero-order valence-electron chi connectivity index (χ0n) is 11.9. The van der Waals surface area contributed by atoms with Gasteiger partial charge in [0.25, 0.3) is 5.91 Å². The Kier molecular flexibility index (Phi) is 3.89. The highest BCUT2D eigenvalue weighted by Gasteiger charge is 2.47. The van der Waals surface area contributed by atoms with Crippen LogP contribution >= 0.6 is 11.3 Å². The van der Waals surface area contributed by atoms with E-state index in [1.807, 2.05) is 0 Å². The molecule has 1 aliphatic carbocycles. The number of fused-ring (bicyclic) bond motifs is 1. The van der Waals surface area contributed by atoms with Crippen LogP contribution in [0.2, 0.25) is 0 Å². The van der Waals surface area contributed by atoms with Crippen molar-refractivity contribution in [1.82, 2.24) is 4.90 Å². The maximum Gasteiger partial charge on any atom is 0.326 e. The molecule has 3 atom stereocenters. The number of carbonyl (C=O) groups is 2. The lowest BCUT2D eigenvalue weighted by atomic mass is 9.85. The van der Waals surface area contributed by atoms with E-state index < -0.39 is 12.0 Å². The molecule has 1 N–H and O–H groups in total. The normalized spacial score (nSPS) is 28.2. The van der Waals surface area contributed by atoms with Gasteiger partial charge in [0, 0.05) is 17.5 Å². The van der Waals surface area contributed by atoms with Crippen LogP contribution in [0.3, 0.4) is 0 Å². The van der Waals surface area contributed by atoms with E-state index in [1.54, 1.807) is 23.5 Å². The topological polar surface area (TPSA) is 66.8 Å². The third-order valence-corrected chi connectivity index (χ3v) is 5.53. The maximum atomic E-state index is 12.8. The van der Waals surface area contributed by atoms with Crippen molar-refractivity contribution in [3.63, 3.8) is 0 Å². The minimum atomic E-state index is -0.888. The van der Waals surface area contributed by atoms with E-state index in [4.69, 9.17) is 4.74 Å². The first-order valence-corrected chi connectivity index (χ1v) is 8.17. The molecule has 0 spiro atoms. The van der Waals surface area contributed by atoms with Crippen LogP contribution in [0.1, 0.15) is 41.8 Å². The molecule has 0 aromatic carbocycles. The minimum absolute atomic E-state index is 0.0837. The second-order valence-electron chi connectivity index (χ2n) is 5.76. The fourth-order valence-electron chi connectivity index (χ4n) is 3.64. The molecule has 1 saturated carbocycles. The molecule has 1 saturated heterocycles. The number of carboxylic acid groups (broad SMARTS) is 1. The maximum absolute atomic E-state index is 12.8. The first-order valence-electron chi connectivity index (χ1n) is 7.30. The molecule has 0 bridgehead atoms. The van der Waals surface area contributed by atoms with Crippen molar-refractivity contribution in [3.8, 4) is 5.75 Å². The summed E-state index contributed by atoms with van der Waals surface area (Å²) in [6.45, 7) is 0. The number of amides is 1. The summed E-state index contributed by atoms with van der Waals surface area (Å²) in [5.74, 6) is -0.0633. The molecule has 1 amide bonds. The zero-order valence-corrected chi connectivity index (χ0v) is 12.8. The van der Waals surface area contributed by atoms with Gasteiger partial charge in [-0.3, -0.25) is 4.79 Å². The molecule has 0 radical (unpaired) electrons. The summed E-state index contributed by atoms with van der Waals surface area (Å²) in [5.41, 5.74) is 0. The molecule has 21 heavy (non-hydrogen) atoms. The Labute approximate surface area is 127 Å². The SMILES string of the molecule is COc1csc(C(=O)N2[C@@H]3CCCC[C@H]3C[C@H]2C(=O)O)c1. The van der Waals surface area contributed by atoms with E-state index in [-0.39, 0.29) is 11.9 Å². The summed E-state index contributed by atoms with van der Waals surface area (Å²) < 4.78 is 5.11. The highest BCUT2D eigenvalue weighted by atomic mass is 32.1. The third-order valence-electron chi connectivity index (χ3n) is 4.63. The molecule has 6 heteroatoms. The molecule has 1 aromatic heterocycles. The minimum Gasteiger partial charge on any atom is -0.496 e. The van der Waals surface area contributed by atoms with E-state index in [2.05, 4.69) is 0 Å². The number of aliphatic carboxylic acids is 1. The third kappa shape index (κ3) is 2.52. The van der Waals surface area contributed by atoms with Gasteiger partial charge in [0.05, 0.1) is 12.0 Å². The van der Waals surface area contributed by atoms with E-state index in [9.17, 15) is 14.7 Å². The van der Waals surface area contributed by atoms with Crippen molar-refractivity contribution in [1.29, 1.82) is 0 Å². The fraction of sp³-hybridized carbons (Fsp3) is 0.600. The predicted molar refractivity (Wildman–Crippen MR) is 78.8 cm³/mol. The van der Waals surface area contributed by atoms with Crippen molar-refractivity contribution >= 4 is 23.2 Å². The smallest absolute Gasteiger partial charge is 0.326 e. The van der Waals surface area contributed by atoms with Crippen LogP contribution in [0.4, 0.5) is 0 Å². The largest absolute Gasteiger partial charge is 0.496 e. The number of carboxylic acids is 1. The van der Waals surface area contributed by atoms with E-state index in [0.717, 1.165) is 25.7 Å². The lowest BCUT2D eigenvalue weighted by Gasteiger charge is -2.32. The van der Waals surface area contributed by atoms with Gasteiger partial charge in [0.15, 0.2) is 0 Å². The number of ether oxygens (including phenoxy) is 1. The Balaban J connectivity index is 1.88. The van der Waals surface area contributed by atoms with Gasteiger partial charge >= 0.3 is 5.97 Å². The number of nitrogens with zero attached hydrogens (tertiary/aromatic N) is 1. The van der Waals surface area contributed by atoms with Crippen LogP contribution in [-0.4, -0.2) is 41.1 Å². The van der Waals surface area contributed by atoms with Gasteiger partial charge in [-0.2, -0.15) is 0 Å². The second kappa shape index (κ2) is 5.67. The molecule has 5 nitrogen and oxygen atoms in total. The van der Waals surface area contributed by atoms with Crippen LogP contribution in [0, 0.1) is 5.92 Å². The molecule has 114 valence electrons. The molecule has 1 aliphatic heterocycles. The van der Waals surface area contributed by atoms with Crippen LogP contribution in [0.5, 0.6) is 5.75 Å². The Morgan fingerprint density at radius 1 is 1.38 bits per heavy atom. The van der Waals surface area contributed by atoms with Crippen LogP contribution in [0.25, 0.3) is 0 Å². The lowest BCUT2D eigenvalue weighted by molar-refractivity contribution is -0.141. The first-order chi connectivity index (χ1) is 10.1. The number of rotatable bonds is 3. The first kappa shape index (κ1) is 14.4. The number of methoxy groups -OCH3 is 1. The summed E-state index contributed by atoms with van der Waals surface area (Å²) in [5, 5.41) is 11.2. The van der Waals surface area contributed by atoms with Crippen molar-refractivity contribution in [3.05, 3.63) is 16.3 Å². The summed E-state index contributed by atoms with van der Waals surface area (Å²) >= 11 is 1.31. The molecular weight excluding hydrogens is 290 g/mol. The van der Waals surface area contributed by atoms with Gasteiger partial charge in [0.1, 0.15) is 11.8 Å². The summed E-state index contributed by atoms with van der Waals surface area (Å²) in [7, 11) is 1.56. The molecular formula is C15H19NO4S. The van der Waals surface area contributed by atoms with E-state index in [1.165, 1.54) is 11.3 Å². The molecule has 1 aromatic rings. The van der Waals surface area contributed by atoms with Gasteiger partial charge < -0.3 is 14.7 Å². The van der Waals surface area contributed by atoms with Gasteiger partial charge in [-0.25, -0.2) is 4.79 Å².